The lowest BCUT2D eigenvalue weighted by Crippen LogP contribution is -2.32. The standard InChI is InChI=1S/C20H24N2O4S/c1-13(2)20(23)22-10-9-15-12-16(5-7-18(15)22)21-27(24,25)17-6-8-19(26-4)14(3)11-17/h5-8,11-13,21H,9-10H2,1-4H3. The predicted octanol–water partition coefficient (Wildman–Crippen LogP) is 3.35. The molecule has 0 unspecified atom stereocenters. The van der Waals surface area contributed by atoms with Crippen LogP contribution in [0.2, 0.25) is 0 Å². The normalized spacial score (nSPS) is 13.6. The maximum absolute atomic E-state index is 12.7. The number of ether oxygens (including phenoxy) is 1. The van der Waals surface area contributed by atoms with Gasteiger partial charge < -0.3 is 9.64 Å². The molecule has 1 amide bonds. The van der Waals surface area contributed by atoms with Crippen LogP contribution in [0.4, 0.5) is 11.4 Å². The van der Waals surface area contributed by atoms with Crippen molar-refractivity contribution in [2.24, 2.45) is 5.92 Å². The van der Waals surface area contributed by atoms with Crippen molar-refractivity contribution in [1.82, 2.24) is 0 Å². The van der Waals surface area contributed by atoms with Gasteiger partial charge in [0.2, 0.25) is 5.91 Å². The number of benzene rings is 2. The van der Waals surface area contributed by atoms with Crippen molar-refractivity contribution < 1.29 is 17.9 Å². The molecule has 1 aliphatic rings. The smallest absolute Gasteiger partial charge is 0.261 e. The second-order valence-electron chi connectivity index (χ2n) is 6.97. The van der Waals surface area contributed by atoms with Gasteiger partial charge in [-0.15, -0.1) is 0 Å². The molecule has 0 radical (unpaired) electrons. The van der Waals surface area contributed by atoms with Gasteiger partial charge in [0.1, 0.15) is 5.75 Å². The number of fused-ring (bicyclic) bond motifs is 1. The molecule has 0 spiro atoms. The fourth-order valence-electron chi connectivity index (χ4n) is 3.24. The number of anilines is 2. The molecule has 0 saturated heterocycles. The zero-order chi connectivity index (χ0) is 19.8. The Balaban J connectivity index is 1.84. The SMILES string of the molecule is COc1ccc(S(=O)(=O)Nc2ccc3c(c2)CCN3C(=O)C(C)C)cc1C. The zero-order valence-electron chi connectivity index (χ0n) is 15.9. The lowest BCUT2D eigenvalue weighted by Gasteiger charge is -2.19. The summed E-state index contributed by atoms with van der Waals surface area (Å²) < 4.78 is 33.2. The Kier molecular flexibility index (Phi) is 5.15. The highest BCUT2D eigenvalue weighted by Crippen LogP contribution is 2.32. The van der Waals surface area contributed by atoms with Crippen LogP contribution < -0.4 is 14.4 Å². The number of methoxy groups -OCH3 is 1. The number of rotatable bonds is 5. The van der Waals surface area contributed by atoms with E-state index in [0.717, 1.165) is 16.8 Å². The highest BCUT2D eigenvalue weighted by atomic mass is 32.2. The number of amides is 1. The quantitative estimate of drug-likeness (QED) is 0.852. The van der Waals surface area contributed by atoms with Crippen LogP contribution in [-0.4, -0.2) is 28.0 Å². The number of nitrogens with one attached hydrogen (secondary N) is 1. The molecule has 0 aliphatic carbocycles. The Morgan fingerprint density at radius 3 is 2.56 bits per heavy atom. The third kappa shape index (κ3) is 3.78. The van der Waals surface area contributed by atoms with E-state index in [1.807, 2.05) is 13.8 Å². The Hall–Kier alpha value is -2.54. The van der Waals surface area contributed by atoms with Gasteiger partial charge in [0.05, 0.1) is 12.0 Å². The summed E-state index contributed by atoms with van der Waals surface area (Å²) in [7, 11) is -2.16. The van der Waals surface area contributed by atoms with Crippen LogP contribution in [0.5, 0.6) is 5.75 Å². The first-order valence-electron chi connectivity index (χ1n) is 8.84. The first-order valence-corrected chi connectivity index (χ1v) is 10.3. The van der Waals surface area contributed by atoms with Gasteiger partial charge in [0.15, 0.2) is 0 Å². The van der Waals surface area contributed by atoms with Crippen LogP contribution in [0, 0.1) is 12.8 Å². The number of sulfonamides is 1. The molecule has 2 aromatic carbocycles. The molecule has 144 valence electrons. The summed E-state index contributed by atoms with van der Waals surface area (Å²) in [5.74, 6) is 0.643. The largest absolute Gasteiger partial charge is 0.496 e. The summed E-state index contributed by atoms with van der Waals surface area (Å²) >= 11 is 0. The molecule has 2 aromatic rings. The van der Waals surface area contributed by atoms with Crippen molar-refractivity contribution >= 4 is 27.3 Å². The molecule has 0 aromatic heterocycles. The number of hydrogen-bond acceptors (Lipinski definition) is 4. The molecular weight excluding hydrogens is 364 g/mol. The van der Waals surface area contributed by atoms with E-state index in [-0.39, 0.29) is 16.7 Å². The minimum absolute atomic E-state index is 0.0764. The minimum Gasteiger partial charge on any atom is -0.496 e. The summed E-state index contributed by atoms with van der Waals surface area (Å²) in [6, 6.07) is 10.0. The predicted molar refractivity (Wildman–Crippen MR) is 106 cm³/mol. The summed E-state index contributed by atoms with van der Waals surface area (Å²) in [6.07, 6.45) is 0.713. The summed E-state index contributed by atoms with van der Waals surface area (Å²) in [5.41, 5.74) is 3.06. The monoisotopic (exact) mass is 388 g/mol. The van der Waals surface area contributed by atoms with Crippen LogP contribution in [-0.2, 0) is 21.2 Å². The third-order valence-corrected chi connectivity index (χ3v) is 6.04. The Labute approximate surface area is 160 Å². The summed E-state index contributed by atoms with van der Waals surface area (Å²) in [5, 5.41) is 0. The number of carbonyl (C=O) groups is 1. The Morgan fingerprint density at radius 1 is 1.19 bits per heavy atom. The van der Waals surface area contributed by atoms with Crippen LogP contribution in [0.15, 0.2) is 41.3 Å². The second-order valence-corrected chi connectivity index (χ2v) is 8.66. The fraction of sp³-hybridized carbons (Fsp3) is 0.350. The zero-order valence-corrected chi connectivity index (χ0v) is 16.8. The lowest BCUT2D eigenvalue weighted by molar-refractivity contribution is -0.121. The van der Waals surface area contributed by atoms with Crippen molar-refractivity contribution in [1.29, 1.82) is 0 Å². The molecule has 7 heteroatoms. The van der Waals surface area contributed by atoms with E-state index in [1.54, 1.807) is 49.3 Å². The maximum atomic E-state index is 12.7. The first kappa shape index (κ1) is 19.2. The van der Waals surface area contributed by atoms with Crippen LogP contribution in [0.1, 0.15) is 25.0 Å². The van der Waals surface area contributed by atoms with Crippen molar-refractivity contribution in [3.63, 3.8) is 0 Å². The molecule has 0 saturated carbocycles. The molecule has 0 fully saturated rings. The van der Waals surface area contributed by atoms with Crippen molar-refractivity contribution in [2.45, 2.75) is 32.1 Å². The molecule has 3 rings (SSSR count). The highest BCUT2D eigenvalue weighted by molar-refractivity contribution is 7.92. The van der Waals surface area contributed by atoms with E-state index in [9.17, 15) is 13.2 Å². The fourth-order valence-corrected chi connectivity index (χ4v) is 4.37. The molecular formula is C20H24N2O4S. The van der Waals surface area contributed by atoms with E-state index in [1.165, 1.54) is 6.07 Å². The Morgan fingerprint density at radius 2 is 1.93 bits per heavy atom. The van der Waals surface area contributed by atoms with E-state index in [4.69, 9.17) is 4.74 Å². The minimum atomic E-state index is -3.71. The van der Waals surface area contributed by atoms with E-state index in [0.29, 0.717) is 24.4 Å². The molecule has 6 nitrogen and oxygen atoms in total. The van der Waals surface area contributed by atoms with Crippen molar-refractivity contribution in [3.05, 3.63) is 47.5 Å². The van der Waals surface area contributed by atoms with Crippen LogP contribution in [0.3, 0.4) is 0 Å². The van der Waals surface area contributed by atoms with Crippen molar-refractivity contribution in [2.75, 3.05) is 23.3 Å². The van der Waals surface area contributed by atoms with Gasteiger partial charge in [0.25, 0.3) is 10.0 Å². The highest BCUT2D eigenvalue weighted by Gasteiger charge is 2.27. The van der Waals surface area contributed by atoms with Gasteiger partial charge in [0, 0.05) is 23.8 Å². The molecule has 0 atom stereocenters. The molecule has 1 aliphatic heterocycles. The maximum Gasteiger partial charge on any atom is 0.261 e. The number of carbonyl (C=O) groups excluding carboxylic acids is 1. The van der Waals surface area contributed by atoms with Gasteiger partial charge in [-0.05, 0) is 60.9 Å². The topological polar surface area (TPSA) is 75.7 Å². The number of nitrogens with zero attached hydrogens (tertiary/aromatic N) is 1. The van der Waals surface area contributed by atoms with Gasteiger partial charge >= 0.3 is 0 Å². The summed E-state index contributed by atoms with van der Waals surface area (Å²) in [4.78, 5) is 14.2. The first-order chi connectivity index (χ1) is 12.7. The molecule has 1 heterocycles. The molecule has 27 heavy (non-hydrogen) atoms. The van der Waals surface area contributed by atoms with Crippen LogP contribution >= 0.6 is 0 Å². The van der Waals surface area contributed by atoms with Gasteiger partial charge in [-0.1, -0.05) is 13.8 Å². The number of aryl methyl sites for hydroxylation is 1. The molecule has 1 N–H and O–H groups in total. The van der Waals surface area contributed by atoms with E-state index >= 15 is 0 Å². The van der Waals surface area contributed by atoms with Gasteiger partial charge in [-0.3, -0.25) is 9.52 Å². The Bertz CT molecular complexity index is 983. The number of hydrogen-bond donors (Lipinski definition) is 1. The second kappa shape index (κ2) is 7.23. The lowest BCUT2D eigenvalue weighted by atomic mass is 10.1. The average Bonchev–Trinajstić information content (AvgIpc) is 3.03. The van der Waals surface area contributed by atoms with Crippen molar-refractivity contribution in [3.8, 4) is 5.75 Å². The average molecular weight is 388 g/mol. The van der Waals surface area contributed by atoms with Gasteiger partial charge in [-0.2, -0.15) is 0 Å². The summed E-state index contributed by atoms with van der Waals surface area (Å²) in [6.45, 7) is 6.17. The molecule has 0 bridgehead atoms. The van der Waals surface area contributed by atoms with E-state index < -0.39 is 10.0 Å². The van der Waals surface area contributed by atoms with Crippen LogP contribution in [0.25, 0.3) is 0 Å². The van der Waals surface area contributed by atoms with E-state index in [2.05, 4.69) is 4.72 Å². The third-order valence-electron chi connectivity index (χ3n) is 4.66. The van der Waals surface area contributed by atoms with Gasteiger partial charge in [-0.25, -0.2) is 8.42 Å².